The van der Waals surface area contributed by atoms with E-state index < -0.39 is 0 Å². The van der Waals surface area contributed by atoms with Gasteiger partial charge in [-0.25, -0.2) is 0 Å². The fraction of sp³-hybridized carbons (Fsp3) is 0. The summed E-state index contributed by atoms with van der Waals surface area (Å²) in [4.78, 5) is 2.34. The lowest BCUT2D eigenvalue weighted by molar-refractivity contribution is 1.17. The predicted octanol–water partition coefficient (Wildman–Crippen LogP) is 24.3. The third-order valence-electron chi connectivity index (χ3n) is 18.6. The number of hydrogen-bond acceptors (Lipinski definition) is 2. The van der Waals surface area contributed by atoms with E-state index in [4.69, 9.17) is 0 Å². The fourth-order valence-corrected chi connectivity index (χ4v) is 15.6. The second-order valence-electron chi connectivity index (χ2n) is 24.0. The van der Waals surface area contributed by atoms with E-state index in [0.717, 1.165) is 28.4 Å². The van der Waals surface area contributed by atoms with Gasteiger partial charge in [-0.05, 0) is 161 Å². The minimum Gasteiger partial charge on any atom is -0.311 e. The van der Waals surface area contributed by atoms with Crippen LogP contribution in [0.5, 0.6) is 0 Å². The average molecular weight is 1220 g/mol. The summed E-state index contributed by atoms with van der Waals surface area (Å²) in [5.41, 5.74) is 25.1. The summed E-state index contributed by atoms with van der Waals surface area (Å²) in [6.45, 7) is 0. The number of aromatic nitrogens is 4. The summed E-state index contributed by atoms with van der Waals surface area (Å²) < 4.78 is 12.3. The molecule has 0 spiro atoms. The van der Waals surface area contributed by atoms with Gasteiger partial charge in [0, 0.05) is 76.8 Å². The SMILES string of the molecule is c1ccc(-c2ccc(N(c3ccc(-c4ccccc4)cc3)c3ccc(-n4c5ccccc5c5sc6ccccc6c54)cc3)cc2)cc1.c1ccc(-n2c3ccccc3c3cc(-c4ccc(-n5c6ccccc6c6c5c5ccccc5n6-c5ccccc5)cc4)ccc32)cc1. The van der Waals surface area contributed by atoms with E-state index >= 15 is 0 Å². The van der Waals surface area contributed by atoms with E-state index in [1.807, 2.05) is 11.3 Å². The Labute approximate surface area is 548 Å². The van der Waals surface area contributed by atoms with Crippen molar-refractivity contribution in [2.24, 2.45) is 0 Å². The zero-order valence-electron chi connectivity index (χ0n) is 51.2. The van der Waals surface area contributed by atoms with Crippen LogP contribution in [0, 0.1) is 0 Å². The van der Waals surface area contributed by atoms with Crippen LogP contribution in [-0.2, 0) is 0 Å². The first-order valence-electron chi connectivity index (χ1n) is 32.1. The van der Waals surface area contributed by atoms with Gasteiger partial charge >= 0.3 is 0 Å². The molecule has 19 rings (SSSR count). The summed E-state index contributed by atoms with van der Waals surface area (Å²) in [6, 6.07) is 129. The van der Waals surface area contributed by atoms with Crippen molar-refractivity contribution in [1.29, 1.82) is 0 Å². The smallest absolute Gasteiger partial charge is 0.0803 e. The maximum Gasteiger partial charge on any atom is 0.0803 e. The third kappa shape index (κ3) is 9.22. The van der Waals surface area contributed by atoms with Crippen molar-refractivity contribution in [3.05, 3.63) is 358 Å². The summed E-state index contributed by atoms with van der Waals surface area (Å²) >= 11 is 1.88. The van der Waals surface area contributed by atoms with Crippen LogP contribution in [0.3, 0.4) is 0 Å². The van der Waals surface area contributed by atoms with Crippen molar-refractivity contribution in [1.82, 2.24) is 18.3 Å². The highest BCUT2D eigenvalue weighted by Crippen LogP contribution is 2.45. The molecular weight excluding hydrogens is 1160 g/mol. The second-order valence-corrected chi connectivity index (χ2v) is 25.1. The Hall–Kier alpha value is -12.2. The fourth-order valence-electron chi connectivity index (χ4n) is 14.4. The van der Waals surface area contributed by atoms with E-state index in [0.29, 0.717) is 0 Å². The van der Waals surface area contributed by atoms with Gasteiger partial charge < -0.3 is 23.2 Å². The normalized spacial score (nSPS) is 11.6. The van der Waals surface area contributed by atoms with Crippen LogP contribution in [0.1, 0.15) is 0 Å². The highest BCUT2D eigenvalue weighted by atomic mass is 32.1. The molecule has 0 aliphatic rings. The van der Waals surface area contributed by atoms with Crippen LogP contribution in [0.15, 0.2) is 358 Å². The maximum absolute atomic E-state index is 2.44. The summed E-state index contributed by atoms with van der Waals surface area (Å²) in [5, 5.41) is 7.61. The van der Waals surface area contributed by atoms with E-state index in [-0.39, 0.29) is 0 Å². The van der Waals surface area contributed by atoms with Crippen LogP contribution in [-0.4, -0.2) is 18.3 Å². The average Bonchev–Trinajstić information content (AvgIpc) is 1.55. The highest BCUT2D eigenvalue weighted by molar-refractivity contribution is 7.26. The number of benzene rings is 14. The van der Waals surface area contributed by atoms with Gasteiger partial charge in [-0.15, -0.1) is 11.3 Å². The first-order chi connectivity index (χ1) is 46.7. The van der Waals surface area contributed by atoms with Crippen molar-refractivity contribution >= 4 is 114 Å². The number of thiophene rings is 1. The Morgan fingerprint density at radius 2 is 0.521 bits per heavy atom. The van der Waals surface area contributed by atoms with Gasteiger partial charge in [0.1, 0.15) is 0 Å². The number of hydrogen-bond donors (Lipinski definition) is 0. The van der Waals surface area contributed by atoms with Crippen molar-refractivity contribution in [2.45, 2.75) is 0 Å². The van der Waals surface area contributed by atoms with Crippen LogP contribution < -0.4 is 4.90 Å². The molecule has 442 valence electrons. The molecule has 0 fully saturated rings. The topological polar surface area (TPSA) is 23.0 Å². The molecule has 0 aliphatic heterocycles. The number of fused-ring (bicyclic) bond motifs is 13. The molecular formula is C88H59N5S. The van der Waals surface area contributed by atoms with Gasteiger partial charge in [0.15, 0.2) is 0 Å². The van der Waals surface area contributed by atoms with Crippen LogP contribution in [0.25, 0.3) is 142 Å². The van der Waals surface area contributed by atoms with Gasteiger partial charge in [-0.3, -0.25) is 0 Å². The maximum atomic E-state index is 2.44. The van der Waals surface area contributed by atoms with Crippen molar-refractivity contribution in [2.75, 3.05) is 4.90 Å². The van der Waals surface area contributed by atoms with Crippen molar-refractivity contribution < 1.29 is 0 Å². The zero-order chi connectivity index (χ0) is 62.1. The Bertz CT molecular complexity index is 5890. The van der Waals surface area contributed by atoms with Crippen molar-refractivity contribution in [3.8, 4) is 56.1 Å². The molecule has 0 N–H and O–H groups in total. The third-order valence-corrected chi connectivity index (χ3v) is 19.8. The molecule has 14 aromatic carbocycles. The quantitative estimate of drug-likeness (QED) is 0.134. The molecule has 0 aliphatic carbocycles. The van der Waals surface area contributed by atoms with E-state index in [1.54, 1.807) is 0 Å². The van der Waals surface area contributed by atoms with Gasteiger partial charge in [0.2, 0.25) is 0 Å². The van der Waals surface area contributed by atoms with Gasteiger partial charge in [-0.2, -0.15) is 0 Å². The lowest BCUT2D eigenvalue weighted by Gasteiger charge is -2.26. The summed E-state index contributed by atoms with van der Waals surface area (Å²) in [7, 11) is 0. The molecule has 5 aromatic heterocycles. The van der Waals surface area contributed by atoms with Crippen LogP contribution in [0.4, 0.5) is 17.1 Å². The number of anilines is 3. The molecule has 0 radical (unpaired) electrons. The highest BCUT2D eigenvalue weighted by Gasteiger charge is 2.23. The standard InChI is InChI=1S/C44H29N3.C44H30N2S/c1-3-13-32(14-4-1)45-39-20-10-7-17-35(39)38-29-31(25-28-42(38)45)30-23-26-34(27-24-30)47-41-22-12-9-19-37(41)43-44(47)36-18-8-11-21-40(36)46(43)33-15-5-2-6-16-33;1-3-11-31(12-4-1)33-19-23-35(24-20-33)45(36-25-21-34(22-26-36)32-13-5-2-6-14-32)37-27-29-38(30-28-37)46-41-17-9-7-15-39(41)44-43(46)40-16-8-10-18-42(40)47-44/h1-29H;1-30H. The molecule has 94 heavy (non-hydrogen) atoms. The summed E-state index contributed by atoms with van der Waals surface area (Å²) in [6.07, 6.45) is 0. The lowest BCUT2D eigenvalue weighted by atomic mass is 10.0. The first kappa shape index (κ1) is 54.7. The largest absolute Gasteiger partial charge is 0.311 e. The molecule has 0 unspecified atom stereocenters. The molecule has 0 atom stereocenters. The van der Waals surface area contributed by atoms with Crippen LogP contribution in [0.2, 0.25) is 0 Å². The lowest BCUT2D eigenvalue weighted by Crippen LogP contribution is -2.10. The van der Waals surface area contributed by atoms with E-state index in [2.05, 4.69) is 381 Å². The van der Waals surface area contributed by atoms with Crippen LogP contribution >= 0.6 is 11.3 Å². The summed E-state index contributed by atoms with van der Waals surface area (Å²) in [5.74, 6) is 0. The monoisotopic (exact) mass is 1220 g/mol. The first-order valence-corrected chi connectivity index (χ1v) is 32.9. The Balaban J connectivity index is 0.000000138. The Morgan fingerprint density at radius 1 is 0.202 bits per heavy atom. The predicted molar refractivity (Wildman–Crippen MR) is 399 cm³/mol. The van der Waals surface area contributed by atoms with Gasteiger partial charge in [0.25, 0.3) is 0 Å². The Kier molecular flexibility index (Phi) is 13.3. The van der Waals surface area contributed by atoms with E-state index in [1.165, 1.54) is 131 Å². The number of nitrogens with zero attached hydrogens (tertiary/aromatic N) is 5. The van der Waals surface area contributed by atoms with E-state index in [9.17, 15) is 0 Å². The number of rotatable bonds is 10. The second kappa shape index (κ2) is 22.9. The molecule has 6 heteroatoms. The van der Waals surface area contributed by atoms with Gasteiger partial charge in [0.05, 0.1) is 48.8 Å². The molecule has 5 heterocycles. The minimum absolute atomic E-state index is 1.11. The molecule has 0 saturated heterocycles. The zero-order valence-corrected chi connectivity index (χ0v) is 52.0. The van der Waals surface area contributed by atoms with Gasteiger partial charge in [-0.1, -0.05) is 231 Å². The van der Waals surface area contributed by atoms with Crippen molar-refractivity contribution in [3.63, 3.8) is 0 Å². The molecule has 5 nitrogen and oxygen atoms in total. The molecule has 0 bridgehead atoms. The Morgan fingerprint density at radius 3 is 1.04 bits per heavy atom. The molecule has 0 amide bonds. The molecule has 19 aromatic rings. The number of para-hydroxylation sites is 6. The molecule has 0 saturated carbocycles. The minimum atomic E-state index is 1.11.